The molecule has 0 nitrogen and oxygen atoms in total. The van der Waals surface area contributed by atoms with Crippen molar-refractivity contribution in [2.45, 2.75) is 26.4 Å². The molecule has 0 amide bonds. The van der Waals surface area contributed by atoms with Crippen LogP contribution in [0, 0.1) is 6.92 Å². The normalized spacial score (nSPS) is 24.5. The van der Waals surface area contributed by atoms with Crippen LogP contribution < -0.4 is 5.19 Å². The van der Waals surface area contributed by atoms with E-state index in [9.17, 15) is 0 Å². The first-order valence-electron chi connectivity index (χ1n) is 7.40. The summed E-state index contributed by atoms with van der Waals surface area (Å²) in [7, 11) is -3.85. The van der Waals surface area contributed by atoms with E-state index in [4.69, 9.17) is 11.0 Å². The van der Waals surface area contributed by atoms with Crippen LogP contribution in [0.4, 0.5) is 0 Å². The molecule has 1 aromatic carbocycles. The highest BCUT2D eigenvalue weighted by Gasteiger charge is 2.14. The van der Waals surface area contributed by atoms with Crippen molar-refractivity contribution in [1.82, 2.24) is 0 Å². The second kappa shape index (κ2) is 2.82. The predicted molar refractivity (Wildman–Crippen MR) is 54.2 cm³/mol. The van der Waals surface area contributed by atoms with Crippen LogP contribution in [0.1, 0.15) is 16.5 Å². The minimum Gasteiger partial charge on any atom is -0.0656 e. The molecule has 0 fully saturated rings. The fraction of sp³-hybridized carbons (Fsp3) is 0.400. The Labute approximate surface area is 81.5 Å². The zero-order valence-corrected chi connectivity index (χ0v) is 7.65. The molecule has 1 heteroatoms. The van der Waals surface area contributed by atoms with Crippen LogP contribution >= 0.6 is 0 Å². The Morgan fingerprint density at radius 3 is 2.36 bits per heavy atom. The Kier molecular flexibility index (Phi) is 0.701. The molecule has 0 aliphatic heterocycles. The van der Waals surface area contributed by atoms with E-state index >= 15 is 0 Å². The fourth-order valence-corrected chi connectivity index (χ4v) is 1.47. The fourth-order valence-electron chi connectivity index (χ4n) is 0.744. The van der Waals surface area contributed by atoms with E-state index in [1.54, 1.807) is 6.92 Å². The van der Waals surface area contributed by atoms with Crippen molar-refractivity contribution < 1.29 is 11.0 Å². The summed E-state index contributed by atoms with van der Waals surface area (Å²) in [5.74, 6) is 0. The summed E-state index contributed by atoms with van der Waals surface area (Å²) in [4.78, 5) is 0. The first kappa shape index (κ1) is 2.73. The summed E-state index contributed by atoms with van der Waals surface area (Å²) >= 11 is 0. The van der Waals surface area contributed by atoms with Crippen molar-refractivity contribution in [3.05, 3.63) is 29.8 Å². The summed E-state index contributed by atoms with van der Waals surface area (Å²) in [6.45, 7) is -2.38. The van der Waals surface area contributed by atoms with Crippen LogP contribution in [0.15, 0.2) is 24.2 Å². The monoisotopic (exact) mass is 172 g/mol. The van der Waals surface area contributed by atoms with E-state index in [0.29, 0.717) is 5.56 Å². The van der Waals surface area contributed by atoms with Crippen molar-refractivity contribution in [3.8, 4) is 0 Å². The maximum absolute atomic E-state index is 7.73. The zero-order valence-electron chi connectivity index (χ0n) is 14.7. The van der Waals surface area contributed by atoms with Gasteiger partial charge in [-0.15, -0.1) is 0 Å². The van der Waals surface area contributed by atoms with Gasteiger partial charge in [-0.25, -0.2) is 0 Å². The lowest BCUT2D eigenvalue weighted by atomic mass is 10.2. The molecule has 0 spiro atoms. The average Bonchev–Trinajstić information content (AvgIpc) is 2.20. The second-order valence-electron chi connectivity index (χ2n) is 2.78. The van der Waals surface area contributed by atoms with Crippen molar-refractivity contribution in [2.75, 3.05) is 0 Å². The van der Waals surface area contributed by atoms with Gasteiger partial charge in [0, 0.05) is 8.22 Å². The first-order valence-corrected chi connectivity index (χ1v) is 5.90. The summed E-state index contributed by atoms with van der Waals surface area (Å²) in [5, 5.41) is 0.119. The Bertz CT molecular complexity index is 450. The lowest BCUT2D eigenvalue weighted by molar-refractivity contribution is 1.48. The maximum Gasteiger partial charge on any atom is 0.0775 e. The third kappa shape index (κ3) is 2.19. The smallest absolute Gasteiger partial charge is 0.0656 e. The molecule has 11 heavy (non-hydrogen) atoms. The quantitative estimate of drug-likeness (QED) is 0.571. The highest BCUT2D eigenvalue weighted by Crippen LogP contribution is 2.03. The summed E-state index contributed by atoms with van der Waals surface area (Å²) in [6, 6.07) is 2.60. The Morgan fingerprint density at radius 2 is 1.91 bits per heavy atom. The van der Waals surface area contributed by atoms with E-state index in [-0.39, 0.29) is 17.3 Å². The molecule has 0 saturated heterocycles. The molecule has 0 atom stereocenters. The molecule has 0 saturated carbocycles. The van der Waals surface area contributed by atoms with Crippen LogP contribution in [0.25, 0.3) is 0 Å². The van der Waals surface area contributed by atoms with Gasteiger partial charge in [0.2, 0.25) is 0 Å². The third-order valence-electron chi connectivity index (χ3n) is 1.47. The van der Waals surface area contributed by atoms with Crippen LogP contribution in [0.3, 0.4) is 0 Å². The second-order valence-corrected chi connectivity index (χ2v) is 5.61. The number of hydrogen-bond acceptors (Lipinski definition) is 0. The van der Waals surface area contributed by atoms with Crippen molar-refractivity contribution >= 4 is 13.3 Å². The van der Waals surface area contributed by atoms with Gasteiger partial charge in [-0.2, -0.15) is 0 Å². The van der Waals surface area contributed by atoms with Gasteiger partial charge in [0.05, 0.1) is 10.8 Å². The molecule has 0 bridgehead atoms. The molecular weight excluding hydrogens is 148 g/mol. The Morgan fingerprint density at radius 1 is 1.36 bits per heavy atom. The van der Waals surface area contributed by atoms with Crippen LogP contribution in [0.2, 0.25) is 19.5 Å². The molecule has 0 radical (unpaired) electrons. The van der Waals surface area contributed by atoms with Gasteiger partial charge in [-0.3, -0.25) is 0 Å². The lowest BCUT2D eigenvalue weighted by Crippen LogP contribution is -2.37. The molecule has 0 aromatic heterocycles. The minimum atomic E-state index is -3.85. The number of rotatable bonds is 1. The molecule has 0 aliphatic carbocycles. The Hall–Kier alpha value is -0.563. The van der Waals surface area contributed by atoms with E-state index in [1.807, 2.05) is 0 Å². The molecule has 1 aromatic rings. The third-order valence-corrected chi connectivity index (χ3v) is 2.91. The van der Waals surface area contributed by atoms with Crippen LogP contribution in [-0.2, 0) is 0 Å². The highest BCUT2D eigenvalue weighted by molar-refractivity contribution is 6.88. The first-order chi connectivity index (χ1) is 8.32. The molecular formula is C10H16Si. The van der Waals surface area contributed by atoms with Crippen LogP contribution in [0.5, 0.6) is 0 Å². The topological polar surface area (TPSA) is 0 Å². The highest BCUT2D eigenvalue weighted by atomic mass is 28.3. The standard InChI is InChI=1S/C10H16Si/c1-9-5-7-10(8-6-9)11(2,3)4/h5-8H,1-4H3/i2D3,3D3,5D,6D. The molecule has 60 valence electrons. The molecule has 0 aliphatic rings. The molecule has 0 unspecified atom stereocenters. The number of benzene rings is 1. The SMILES string of the molecule is [2H]c1cc([Si](C)(C([2H])([2H])[2H])C([2H])([2H])[2H])cc([2H])c1C. The van der Waals surface area contributed by atoms with E-state index in [0.717, 1.165) is 0 Å². The Balaban J connectivity index is 3.62. The van der Waals surface area contributed by atoms with Crippen molar-refractivity contribution in [1.29, 1.82) is 0 Å². The maximum atomic E-state index is 7.73. The number of hydrogen-bond donors (Lipinski definition) is 0. The van der Waals surface area contributed by atoms with Gasteiger partial charge in [0.1, 0.15) is 0 Å². The largest absolute Gasteiger partial charge is 0.0775 e. The predicted octanol–water partition coefficient (Wildman–Crippen LogP) is 2.54. The lowest BCUT2D eigenvalue weighted by Gasteiger charge is -2.16. The summed E-state index contributed by atoms with van der Waals surface area (Å²) in [6.07, 6.45) is 0. The van der Waals surface area contributed by atoms with Gasteiger partial charge >= 0.3 is 0 Å². The van der Waals surface area contributed by atoms with Gasteiger partial charge in [0.15, 0.2) is 0 Å². The average molecular weight is 172 g/mol. The van der Waals surface area contributed by atoms with Crippen LogP contribution in [-0.4, -0.2) is 8.07 Å². The molecule has 0 N–H and O–H groups in total. The van der Waals surface area contributed by atoms with E-state index < -0.39 is 21.0 Å². The van der Waals surface area contributed by atoms with Crippen molar-refractivity contribution in [3.63, 3.8) is 0 Å². The minimum absolute atomic E-state index is 0.00900. The van der Waals surface area contributed by atoms with Gasteiger partial charge in [-0.1, -0.05) is 54.5 Å². The zero-order chi connectivity index (χ0) is 15.2. The van der Waals surface area contributed by atoms with Crippen molar-refractivity contribution in [2.24, 2.45) is 0 Å². The van der Waals surface area contributed by atoms with Gasteiger partial charge in [0.25, 0.3) is 0 Å². The summed E-state index contributed by atoms with van der Waals surface area (Å²) < 4.78 is 61.0. The van der Waals surface area contributed by atoms with Gasteiger partial charge in [-0.05, 0) is 6.92 Å². The van der Waals surface area contributed by atoms with Gasteiger partial charge < -0.3 is 0 Å². The molecule has 1 rings (SSSR count). The van der Waals surface area contributed by atoms with E-state index in [1.165, 1.54) is 18.7 Å². The molecule has 0 heterocycles. The van der Waals surface area contributed by atoms with E-state index in [2.05, 4.69) is 0 Å². The summed E-state index contributed by atoms with van der Waals surface area (Å²) in [5.41, 5.74) is 0.413.